The Labute approximate surface area is 174 Å². The van der Waals surface area contributed by atoms with Crippen molar-refractivity contribution in [2.24, 2.45) is 11.7 Å². The first-order valence-electron chi connectivity index (χ1n) is 10.4. The summed E-state index contributed by atoms with van der Waals surface area (Å²) in [4.78, 5) is 8.49. The van der Waals surface area contributed by atoms with Gasteiger partial charge in [0.05, 0.1) is 5.69 Å². The standard InChI is InChI=1S/C22H31N3S.CH4O/c1-2-3-21(14-23)20-7-6-18-12-17(4-5-19(18)13-20)16-26-11-8-22-15-24-9-10-25-22;1-2/h6-7,9-10,13,15,17,21H,2-5,8,11-12,14,16,23H2,1H3;2H,1H3/t17-,21?;/m0./s1. The van der Waals surface area contributed by atoms with Crippen molar-refractivity contribution >= 4 is 11.8 Å². The Morgan fingerprint density at radius 3 is 2.82 bits per heavy atom. The summed E-state index contributed by atoms with van der Waals surface area (Å²) < 4.78 is 0. The number of fused-ring (bicyclic) bond motifs is 1. The summed E-state index contributed by atoms with van der Waals surface area (Å²) in [6.45, 7) is 3.01. The molecule has 1 aromatic carbocycles. The van der Waals surface area contributed by atoms with Crippen LogP contribution in [-0.4, -0.2) is 40.2 Å². The molecule has 2 atom stereocenters. The minimum absolute atomic E-state index is 0.527. The Morgan fingerprint density at radius 1 is 1.25 bits per heavy atom. The second-order valence-corrected chi connectivity index (χ2v) is 8.53. The molecule has 0 amide bonds. The van der Waals surface area contributed by atoms with E-state index in [0.29, 0.717) is 5.92 Å². The van der Waals surface area contributed by atoms with E-state index in [0.717, 1.165) is 37.4 Å². The molecule has 5 heteroatoms. The quantitative estimate of drug-likeness (QED) is 0.621. The summed E-state index contributed by atoms with van der Waals surface area (Å²) in [6, 6.07) is 7.15. The lowest BCUT2D eigenvalue weighted by molar-refractivity contribution is 0.399. The molecule has 2 aromatic rings. The van der Waals surface area contributed by atoms with Crippen molar-refractivity contribution in [3.63, 3.8) is 0 Å². The van der Waals surface area contributed by atoms with Gasteiger partial charge in [0.2, 0.25) is 0 Å². The first-order chi connectivity index (χ1) is 13.8. The van der Waals surface area contributed by atoms with Crippen LogP contribution in [0.5, 0.6) is 0 Å². The molecule has 154 valence electrons. The third-order valence-corrected chi connectivity index (χ3v) is 6.63. The van der Waals surface area contributed by atoms with Gasteiger partial charge in [-0.05, 0) is 72.3 Å². The summed E-state index contributed by atoms with van der Waals surface area (Å²) in [6.07, 6.45) is 12.6. The van der Waals surface area contributed by atoms with Crippen LogP contribution in [0.3, 0.4) is 0 Å². The molecule has 28 heavy (non-hydrogen) atoms. The maximum absolute atomic E-state index is 7.00. The highest BCUT2D eigenvalue weighted by Crippen LogP contribution is 2.31. The number of hydrogen-bond donors (Lipinski definition) is 2. The topological polar surface area (TPSA) is 72.0 Å². The van der Waals surface area contributed by atoms with Gasteiger partial charge in [0.1, 0.15) is 0 Å². The molecule has 1 aromatic heterocycles. The lowest BCUT2D eigenvalue weighted by Gasteiger charge is -2.26. The van der Waals surface area contributed by atoms with E-state index in [4.69, 9.17) is 10.8 Å². The van der Waals surface area contributed by atoms with Crippen molar-refractivity contribution in [2.75, 3.05) is 25.2 Å². The molecule has 0 fully saturated rings. The van der Waals surface area contributed by atoms with Gasteiger partial charge in [-0.3, -0.25) is 9.97 Å². The van der Waals surface area contributed by atoms with E-state index in [9.17, 15) is 0 Å². The van der Waals surface area contributed by atoms with Gasteiger partial charge in [-0.15, -0.1) is 0 Å². The molecule has 0 aliphatic heterocycles. The van der Waals surface area contributed by atoms with Gasteiger partial charge < -0.3 is 10.8 Å². The van der Waals surface area contributed by atoms with Crippen LogP contribution in [0.15, 0.2) is 36.8 Å². The van der Waals surface area contributed by atoms with Gasteiger partial charge in [-0.1, -0.05) is 31.5 Å². The van der Waals surface area contributed by atoms with Crippen molar-refractivity contribution in [1.29, 1.82) is 0 Å². The number of hydrogen-bond acceptors (Lipinski definition) is 5. The number of aliphatic hydroxyl groups is 1. The molecule has 3 N–H and O–H groups in total. The number of rotatable bonds is 9. The van der Waals surface area contributed by atoms with E-state index >= 15 is 0 Å². The first kappa shape index (κ1) is 22.9. The third-order valence-electron chi connectivity index (χ3n) is 5.43. The minimum atomic E-state index is 0.527. The minimum Gasteiger partial charge on any atom is -0.400 e. The number of nitrogens with zero attached hydrogens (tertiary/aromatic N) is 2. The van der Waals surface area contributed by atoms with Gasteiger partial charge >= 0.3 is 0 Å². The Kier molecular flexibility index (Phi) is 10.5. The van der Waals surface area contributed by atoms with Crippen LogP contribution in [0.2, 0.25) is 0 Å². The molecular weight excluding hydrogens is 366 g/mol. The molecule has 0 saturated heterocycles. The fourth-order valence-electron chi connectivity index (χ4n) is 3.90. The number of thioether (sulfide) groups is 1. The second kappa shape index (κ2) is 12.9. The molecular formula is C23H35N3OS. The average molecular weight is 402 g/mol. The van der Waals surface area contributed by atoms with E-state index in [1.165, 1.54) is 43.4 Å². The fourth-order valence-corrected chi connectivity index (χ4v) is 5.04. The van der Waals surface area contributed by atoms with Crippen molar-refractivity contribution < 1.29 is 5.11 Å². The van der Waals surface area contributed by atoms with Crippen molar-refractivity contribution in [3.8, 4) is 0 Å². The molecule has 1 aliphatic rings. The summed E-state index contributed by atoms with van der Waals surface area (Å²) >= 11 is 2.06. The zero-order chi connectivity index (χ0) is 20.2. The van der Waals surface area contributed by atoms with E-state index in [-0.39, 0.29) is 0 Å². The number of aromatic nitrogens is 2. The number of aryl methyl sites for hydroxylation is 2. The van der Waals surface area contributed by atoms with Crippen LogP contribution in [0, 0.1) is 5.92 Å². The Bertz CT molecular complexity index is 681. The van der Waals surface area contributed by atoms with E-state index in [2.05, 4.69) is 46.9 Å². The Morgan fingerprint density at radius 2 is 2.11 bits per heavy atom. The summed E-state index contributed by atoms with van der Waals surface area (Å²) in [5, 5.41) is 7.00. The van der Waals surface area contributed by atoms with Crippen LogP contribution >= 0.6 is 11.8 Å². The Balaban J connectivity index is 0.00000136. The van der Waals surface area contributed by atoms with Crippen molar-refractivity contribution in [1.82, 2.24) is 9.97 Å². The number of nitrogens with two attached hydrogens (primary N) is 1. The normalized spacial score (nSPS) is 16.6. The van der Waals surface area contributed by atoms with Gasteiger partial charge in [0.15, 0.2) is 0 Å². The zero-order valence-electron chi connectivity index (χ0n) is 17.3. The van der Waals surface area contributed by atoms with Crippen LogP contribution in [-0.2, 0) is 19.3 Å². The van der Waals surface area contributed by atoms with E-state index in [1.54, 1.807) is 23.5 Å². The lowest BCUT2D eigenvalue weighted by atomic mass is 9.82. The van der Waals surface area contributed by atoms with Gasteiger partial charge in [0, 0.05) is 32.1 Å². The van der Waals surface area contributed by atoms with Crippen LogP contribution in [0.1, 0.15) is 54.5 Å². The fraction of sp³-hybridized carbons (Fsp3) is 0.565. The first-order valence-corrected chi connectivity index (χ1v) is 11.5. The summed E-state index contributed by atoms with van der Waals surface area (Å²) in [5.74, 6) is 3.72. The van der Waals surface area contributed by atoms with E-state index < -0.39 is 0 Å². The Hall–Kier alpha value is -1.43. The molecule has 0 radical (unpaired) electrons. The molecule has 1 heterocycles. The second-order valence-electron chi connectivity index (χ2n) is 7.38. The molecule has 1 unspecified atom stereocenters. The smallest absolute Gasteiger partial charge is 0.0594 e. The summed E-state index contributed by atoms with van der Waals surface area (Å²) in [5.41, 5.74) is 11.7. The predicted molar refractivity (Wildman–Crippen MR) is 120 cm³/mol. The molecule has 0 spiro atoms. The number of aliphatic hydroxyl groups excluding tert-OH is 1. The third kappa shape index (κ3) is 6.87. The lowest BCUT2D eigenvalue weighted by Crippen LogP contribution is -2.18. The van der Waals surface area contributed by atoms with Crippen molar-refractivity contribution in [3.05, 3.63) is 59.2 Å². The van der Waals surface area contributed by atoms with Gasteiger partial charge in [-0.25, -0.2) is 0 Å². The van der Waals surface area contributed by atoms with Crippen LogP contribution in [0.4, 0.5) is 0 Å². The molecule has 1 aliphatic carbocycles. The maximum atomic E-state index is 7.00. The molecule has 4 nitrogen and oxygen atoms in total. The molecule has 3 rings (SSSR count). The maximum Gasteiger partial charge on any atom is 0.0594 e. The SMILES string of the molecule is CCCC(CN)c1ccc2c(c1)CC[C@H](CSCCc1cnccn1)C2.CO. The predicted octanol–water partition coefficient (Wildman–Crippen LogP) is 4.01. The van der Waals surface area contributed by atoms with E-state index in [1.807, 2.05) is 6.20 Å². The monoisotopic (exact) mass is 401 g/mol. The largest absolute Gasteiger partial charge is 0.400 e. The summed E-state index contributed by atoms with van der Waals surface area (Å²) in [7, 11) is 1.00. The highest BCUT2D eigenvalue weighted by Gasteiger charge is 2.20. The van der Waals surface area contributed by atoms with Crippen LogP contribution in [0.25, 0.3) is 0 Å². The zero-order valence-corrected chi connectivity index (χ0v) is 18.1. The van der Waals surface area contributed by atoms with Crippen LogP contribution < -0.4 is 5.73 Å². The molecule has 0 saturated carbocycles. The highest BCUT2D eigenvalue weighted by molar-refractivity contribution is 7.99. The highest BCUT2D eigenvalue weighted by atomic mass is 32.2. The molecule has 0 bridgehead atoms. The average Bonchev–Trinajstić information content (AvgIpc) is 2.77. The number of benzene rings is 1. The van der Waals surface area contributed by atoms with Gasteiger partial charge in [-0.2, -0.15) is 11.8 Å². The van der Waals surface area contributed by atoms with Gasteiger partial charge in [0.25, 0.3) is 0 Å². The van der Waals surface area contributed by atoms with Crippen molar-refractivity contribution in [2.45, 2.75) is 51.4 Å².